The summed E-state index contributed by atoms with van der Waals surface area (Å²) >= 11 is 9.22. The summed E-state index contributed by atoms with van der Waals surface area (Å²) in [6.45, 7) is 0.799. The predicted molar refractivity (Wildman–Crippen MR) is 80.1 cm³/mol. The van der Waals surface area contributed by atoms with Crippen molar-refractivity contribution < 1.29 is 14.7 Å². The molecule has 2 rings (SSSR count). The second-order valence-electron chi connectivity index (χ2n) is 4.68. The van der Waals surface area contributed by atoms with Gasteiger partial charge in [0.25, 0.3) is 0 Å². The van der Waals surface area contributed by atoms with E-state index in [-0.39, 0.29) is 12.6 Å². The summed E-state index contributed by atoms with van der Waals surface area (Å²) < 4.78 is 0.724. The van der Waals surface area contributed by atoms with Gasteiger partial charge in [-0.3, -0.25) is 4.79 Å². The summed E-state index contributed by atoms with van der Waals surface area (Å²) in [5, 5.41) is 12.3. The zero-order valence-electron chi connectivity index (χ0n) is 10.6. The maximum absolute atomic E-state index is 12.2. The second kappa shape index (κ2) is 6.45. The van der Waals surface area contributed by atoms with Crippen molar-refractivity contribution in [1.29, 1.82) is 0 Å². The van der Waals surface area contributed by atoms with Gasteiger partial charge in [-0.15, -0.1) is 0 Å². The summed E-state index contributed by atoms with van der Waals surface area (Å²) in [6, 6.07) is 4.79. The Morgan fingerprint density at radius 2 is 2.20 bits per heavy atom. The lowest BCUT2D eigenvalue weighted by atomic mass is 9.99. The van der Waals surface area contributed by atoms with Crippen molar-refractivity contribution in [2.75, 3.05) is 18.4 Å². The number of aliphatic carboxylic acids is 1. The molecule has 20 heavy (non-hydrogen) atoms. The van der Waals surface area contributed by atoms with Gasteiger partial charge in [0, 0.05) is 22.6 Å². The smallest absolute Gasteiger partial charge is 0.321 e. The third-order valence-electron chi connectivity index (χ3n) is 3.23. The van der Waals surface area contributed by atoms with Crippen LogP contribution < -0.4 is 5.32 Å². The molecule has 0 radical (unpaired) electrons. The molecular weight excluding hydrogens is 348 g/mol. The number of amides is 2. The number of urea groups is 1. The minimum Gasteiger partial charge on any atom is -0.481 e. The van der Waals surface area contributed by atoms with Crippen molar-refractivity contribution in [2.24, 2.45) is 5.92 Å². The number of carboxylic acid groups (broad SMARTS) is 1. The highest BCUT2D eigenvalue weighted by atomic mass is 79.9. The van der Waals surface area contributed by atoms with Crippen LogP contribution in [0.15, 0.2) is 22.7 Å². The van der Waals surface area contributed by atoms with Gasteiger partial charge in [0.2, 0.25) is 0 Å². The Kier molecular flexibility index (Phi) is 4.88. The number of piperidine rings is 1. The Morgan fingerprint density at radius 3 is 2.90 bits per heavy atom. The van der Waals surface area contributed by atoms with Gasteiger partial charge < -0.3 is 15.3 Å². The Bertz CT molecular complexity index is 538. The molecule has 7 heteroatoms. The molecule has 108 valence electrons. The van der Waals surface area contributed by atoms with Crippen LogP contribution in [0.4, 0.5) is 10.5 Å². The molecule has 1 aromatic rings. The summed E-state index contributed by atoms with van der Waals surface area (Å²) in [5.74, 6) is -1.34. The summed E-state index contributed by atoms with van der Waals surface area (Å²) in [4.78, 5) is 24.7. The summed E-state index contributed by atoms with van der Waals surface area (Å²) in [7, 11) is 0. The minimum atomic E-state index is -0.855. The molecule has 0 aromatic heterocycles. The number of carbonyl (C=O) groups excluding carboxylic acids is 1. The number of rotatable bonds is 2. The first-order valence-corrected chi connectivity index (χ1v) is 7.38. The van der Waals surface area contributed by atoms with E-state index in [1.54, 1.807) is 18.2 Å². The Morgan fingerprint density at radius 1 is 1.45 bits per heavy atom. The minimum absolute atomic E-state index is 0.235. The zero-order chi connectivity index (χ0) is 14.7. The Balaban J connectivity index is 2.04. The molecule has 0 bridgehead atoms. The molecule has 5 nitrogen and oxygen atoms in total. The fraction of sp³-hybridized carbons (Fsp3) is 0.385. The lowest BCUT2D eigenvalue weighted by Gasteiger charge is -2.30. The van der Waals surface area contributed by atoms with E-state index >= 15 is 0 Å². The van der Waals surface area contributed by atoms with E-state index in [2.05, 4.69) is 21.2 Å². The number of likely N-dealkylation sites (tertiary alicyclic amines) is 1. The molecule has 0 aliphatic carbocycles. The van der Waals surface area contributed by atoms with Crippen molar-refractivity contribution >= 4 is 45.2 Å². The predicted octanol–water partition coefficient (Wildman–Crippen LogP) is 3.43. The molecule has 2 N–H and O–H groups in total. The molecule has 2 amide bonds. The van der Waals surface area contributed by atoms with E-state index in [9.17, 15) is 9.59 Å². The van der Waals surface area contributed by atoms with Crippen LogP contribution in [0.5, 0.6) is 0 Å². The fourth-order valence-electron chi connectivity index (χ4n) is 2.15. The first kappa shape index (κ1) is 15.1. The highest BCUT2D eigenvalue weighted by Gasteiger charge is 2.28. The zero-order valence-corrected chi connectivity index (χ0v) is 12.9. The molecular formula is C13H14BrClN2O3. The van der Waals surface area contributed by atoms with Crippen molar-refractivity contribution in [3.05, 3.63) is 27.7 Å². The first-order chi connectivity index (χ1) is 9.47. The quantitative estimate of drug-likeness (QED) is 0.848. The second-order valence-corrected chi connectivity index (χ2v) is 5.97. The van der Waals surface area contributed by atoms with Crippen LogP contribution in [-0.4, -0.2) is 35.1 Å². The van der Waals surface area contributed by atoms with Crippen molar-refractivity contribution in [3.63, 3.8) is 0 Å². The molecule has 0 spiro atoms. The Hall–Kier alpha value is -1.27. The highest BCUT2D eigenvalue weighted by molar-refractivity contribution is 9.10. The number of hydrogen-bond donors (Lipinski definition) is 2. The third-order valence-corrected chi connectivity index (χ3v) is 4.15. The van der Waals surface area contributed by atoms with Gasteiger partial charge in [-0.25, -0.2) is 4.79 Å². The molecule has 1 saturated heterocycles. The monoisotopic (exact) mass is 360 g/mol. The van der Waals surface area contributed by atoms with E-state index in [1.165, 1.54) is 4.90 Å². The fourth-order valence-corrected chi connectivity index (χ4v) is 2.67. The summed E-state index contributed by atoms with van der Waals surface area (Å²) in [6.07, 6.45) is 1.31. The van der Waals surface area contributed by atoms with Crippen LogP contribution in [0, 0.1) is 5.92 Å². The van der Waals surface area contributed by atoms with Crippen LogP contribution in [0.2, 0.25) is 5.02 Å². The molecule has 1 aliphatic heterocycles. The summed E-state index contributed by atoms with van der Waals surface area (Å²) in [5.41, 5.74) is 0.569. The van der Waals surface area contributed by atoms with E-state index in [4.69, 9.17) is 16.7 Å². The number of halogens is 2. The number of nitrogens with one attached hydrogen (secondary N) is 1. The molecule has 1 heterocycles. The number of anilines is 1. The lowest BCUT2D eigenvalue weighted by molar-refractivity contribution is -0.143. The van der Waals surface area contributed by atoms with E-state index in [0.29, 0.717) is 30.1 Å². The highest BCUT2D eigenvalue weighted by Crippen LogP contribution is 2.26. The molecule has 1 aliphatic rings. The van der Waals surface area contributed by atoms with Crippen LogP contribution in [0.3, 0.4) is 0 Å². The number of hydrogen-bond acceptors (Lipinski definition) is 2. The first-order valence-electron chi connectivity index (χ1n) is 6.21. The molecule has 0 unspecified atom stereocenters. The maximum Gasteiger partial charge on any atom is 0.321 e. The van der Waals surface area contributed by atoms with Crippen LogP contribution in [0.25, 0.3) is 0 Å². The van der Waals surface area contributed by atoms with Gasteiger partial charge in [-0.2, -0.15) is 0 Å². The molecule has 1 fully saturated rings. The lowest BCUT2D eigenvalue weighted by Crippen LogP contribution is -2.44. The largest absolute Gasteiger partial charge is 0.481 e. The topological polar surface area (TPSA) is 69.6 Å². The van der Waals surface area contributed by atoms with Crippen LogP contribution in [0.1, 0.15) is 12.8 Å². The number of carbonyl (C=O) groups is 2. The van der Waals surface area contributed by atoms with Gasteiger partial charge in [-0.05, 0) is 47.0 Å². The number of nitrogens with zero attached hydrogens (tertiary/aromatic N) is 1. The van der Waals surface area contributed by atoms with E-state index in [1.807, 2.05) is 0 Å². The maximum atomic E-state index is 12.2. The average molecular weight is 362 g/mol. The van der Waals surface area contributed by atoms with Gasteiger partial charge in [0.1, 0.15) is 0 Å². The number of carboxylic acids is 1. The van der Waals surface area contributed by atoms with Gasteiger partial charge in [0.15, 0.2) is 0 Å². The average Bonchev–Trinajstić information content (AvgIpc) is 2.43. The third kappa shape index (κ3) is 3.64. The standard InChI is InChI=1S/C13H14BrClN2O3/c14-10-4-3-9(15)6-11(10)16-13(20)17-5-1-2-8(7-17)12(18)19/h3-4,6,8H,1-2,5,7H2,(H,16,20)(H,18,19)/t8-/m0/s1. The van der Waals surface area contributed by atoms with Gasteiger partial charge >= 0.3 is 12.0 Å². The van der Waals surface area contributed by atoms with Gasteiger partial charge in [0.05, 0.1) is 11.6 Å². The SMILES string of the molecule is O=C(O)[C@H]1CCCN(C(=O)Nc2cc(Cl)ccc2Br)C1. The van der Waals surface area contributed by atoms with Crippen molar-refractivity contribution in [3.8, 4) is 0 Å². The van der Waals surface area contributed by atoms with Gasteiger partial charge in [-0.1, -0.05) is 11.6 Å². The number of benzene rings is 1. The van der Waals surface area contributed by atoms with Crippen molar-refractivity contribution in [1.82, 2.24) is 4.90 Å². The van der Waals surface area contributed by atoms with Crippen molar-refractivity contribution in [2.45, 2.75) is 12.8 Å². The molecule has 0 saturated carbocycles. The van der Waals surface area contributed by atoms with Crippen LogP contribution >= 0.6 is 27.5 Å². The normalized spacial score (nSPS) is 18.7. The Labute approximate surface area is 130 Å². The molecule has 1 aromatic carbocycles. The van der Waals surface area contributed by atoms with E-state index in [0.717, 1.165) is 4.47 Å². The van der Waals surface area contributed by atoms with E-state index < -0.39 is 11.9 Å². The van der Waals surface area contributed by atoms with Crippen LogP contribution in [-0.2, 0) is 4.79 Å². The molecule has 1 atom stereocenters.